The van der Waals surface area contributed by atoms with Crippen LogP contribution in [0.4, 0.5) is 26.0 Å². The topological polar surface area (TPSA) is 79.4 Å². The van der Waals surface area contributed by atoms with Crippen LogP contribution < -0.4 is 15.5 Å². The van der Waals surface area contributed by atoms with Crippen LogP contribution in [-0.2, 0) is 22.4 Å². The predicted molar refractivity (Wildman–Crippen MR) is 137 cm³/mol. The van der Waals surface area contributed by atoms with Crippen LogP contribution in [0.5, 0.6) is 0 Å². The first-order valence-corrected chi connectivity index (χ1v) is 12.4. The Bertz CT molecular complexity index is 1310. The van der Waals surface area contributed by atoms with Gasteiger partial charge in [0.1, 0.15) is 11.6 Å². The number of hydrogen-bond donors (Lipinski definition) is 2. The molecule has 1 aromatic heterocycles. The highest BCUT2D eigenvalue weighted by molar-refractivity contribution is 5.96. The number of nitrogens with one attached hydrogen (secondary N) is 2. The minimum atomic E-state index is -2.65. The summed E-state index contributed by atoms with van der Waals surface area (Å²) < 4.78 is 32.8. The number of amides is 1. The minimum Gasteiger partial charge on any atom is -0.378 e. The van der Waals surface area contributed by atoms with Gasteiger partial charge in [-0.25, -0.2) is 18.7 Å². The Morgan fingerprint density at radius 1 is 1.06 bits per heavy atom. The van der Waals surface area contributed by atoms with E-state index in [4.69, 9.17) is 14.7 Å². The van der Waals surface area contributed by atoms with Crippen LogP contribution in [0.15, 0.2) is 24.3 Å². The van der Waals surface area contributed by atoms with E-state index < -0.39 is 6.43 Å². The van der Waals surface area contributed by atoms with Crippen LogP contribution in [0, 0.1) is 6.92 Å². The number of carbonyl (C=O) groups excluding carboxylic acids is 1. The zero-order valence-electron chi connectivity index (χ0n) is 20.8. The summed E-state index contributed by atoms with van der Waals surface area (Å²) in [5.74, 6) is 1.03. The summed E-state index contributed by atoms with van der Waals surface area (Å²) in [7, 11) is 0. The molecular weight excluding hydrogens is 464 g/mol. The first-order valence-electron chi connectivity index (χ1n) is 12.4. The number of nitrogens with zero attached hydrogens (tertiary/aromatic N) is 3. The molecule has 36 heavy (non-hydrogen) atoms. The van der Waals surface area contributed by atoms with Gasteiger partial charge in [0.15, 0.2) is 0 Å². The van der Waals surface area contributed by atoms with Crippen LogP contribution in [0.1, 0.15) is 60.8 Å². The number of fused-ring (bicyclic) bond motifs is 3. The molecular formula is C27H31F2N5O2. The van der Waals surface area contributed by atoms with Crippen LogP contribution in [-0.4, -0.2) is 42.2 Å². The number of aromatic nitrogens is 2. The van der Waals surface area contributed by atoms with Gasteiger partial charge in [0, 0.05) is 42.3 Å². The van der Waals surface area contributed by atoms with Crippen molar-refractivity contribution in [3.63, 3.8) is 0 Å². The summed E-state index contributed by atoms with van der Waals surface area (Å²) in [6.45, 7) is 8.23. The van der Waals surface area contributed by atoms with Crippen molar-refractivity contribution >= 4 is 34.0 Å². The third-order valence-corrected chi connectivity index (χ3v) is 6.91. The smallest absolute Gasteiger partial charge is 0.263 e. The Morgan fingerprint density at radius 2 is 1.78 bits per heavy atom. The van der Waals surface area contributed by atoms with Gasteiger partial charge in [-0.05, 0) is 74.1 Å². The van der Waals surface area contributed by atoms with Gasteiger partial charge < -0.3 is 20.3 Å². The van der Waals surface area contributed by atoms with Crippen molar-refractivity contribution in [3.8, 4) is 0 Å². The Labute approximate surface area is 209 Å². The molecule has 0 saturated carbocycles. The van der Waals surface area contributed by atoms with Crippen molar-refractivity contribution in [3.05, 3.63) is 52.3 Å². The van der Waals surface area contributed by atoms with Crippen molar-refractivity contribution in [2.24, 2.45) is 0 Å². The monoisotopic (exact) mass is 495 g/mol. The van der Waals surface area contributed by atoms with Crippen molar-refractivity contribution in [1.29, 1.82) is 0 Å². The van der Waals surface area contributed by atoms with Crippen LogP contribution in [0.25, 0.3) is 10.9 Å². The zero-order valence-corrected chi connectivity index (χ0v) is 20.8. The number of ether oxygens (including phenoxy) is 1. The Hall–Kier alpha value is -3.33. The second-order valence-electron chi connectivity index (χ2n) is 9.56. The molecule has 190 valence electrons. The van der Waals surface area contributed by atoms with Gasteiger partial charge in [0.05, 0.1) is 24.8 Å². The Morgan fingerprint density at radius 3 is 2.50 bits per heavy atom. The van der Waals surface area contributed by atoms with Gasteiger partial charge in [-0.1, -0.05) is 0 Å². The molecule has 1 aliphatic heterocycles. The summed E-state index contributed by atoms with van der Waals surface area (Å²) in [4.78, 5) is 23.5. The van der Waals surface area contributed by atoms with Crippen molar-refractivity contribution in [2.75, 3.05) is 41.8 Å². The predicted octanol–water partition coefficient (Wildman–Crippen LogP) is 5.33. The fourth-order valence-corrected chi connectivity index (χ4v) is 5.27. The summed E-state index contributed by atoms with van der Waals surface area (Å²) in [6, 6.07) is 6.34. The maximum atomic E-state index is 13.6. The number of morpholine rings is 1. The maximum absolute atomic E-state index is 13.6. The van der Waals surface area contributed by atoms with Gasteiger partial charge >= 0.3 is 0 Å². The van der Waals surface area contributed by atoms with Crippen molar-refractivity contribution < 1.29 is 18.3 Å². The van der Waals surface area contributed by atoms with Gasteiger partial charge in [-0.15, -0.1) is 0 Å². The molecule has 5 rings (SSSR count). The van der Waals surface area contributed by atoms with Crippen molar-refractivity contribution in [1.82, 2.24) is 9.97 Å². The molecule has 1 saturated heterocycles. The molecule has 0 radical (unpaired) electrons. The highest BCUT2D eigenvalue weighted by Crippen LogP contribution is 2.40. The minimum absolute atomic E-state index is 0.138. The van der Waals surface area contributed by atoms with Crippen LogP contribution in [0.3, 0.4) is 0 Å². The summed E-state index contributed by atoms with van der Waals surface area (Å²) in [6.07, 6.45) is 0.462. The second kappa shape index (κ2) is 9.97. The zero-order chi connectivity index (χ0) is 25.4. The summed E-state index contributed by atoms with van der Waals surface area (Å²) in [5.41, 5.74) is 5.67. The molecule has 2 aromatic carbocycles. The normalized spacial score (nSPS) is 16.3. The molecule has 2 aliphatic rings. The van der Waals surface area contributed by atoms with Gasteiger partial charge in [0.2, 0.25) is 5.91 Å². The second-order valence-corrected chi connectivity index (χ2v) is 9.56. The van der Waals surface area contributed by atoms with Gasteiger partial charge in [-0.3, -0.25) is 4.79 Å². The van der Waals surface area contributed by atoms with E-state index in [-0.39, 0.29) is 17.5 Å². The fraction of sp³-hybridized carbons (Fsp3) is 0.444. The van der Waals surface area contributed by atoms with Gasteiger partial charge in [-0.2, -0.15) is 0 Å². The molecule has 7 nitrogen and oxygen atoms in total. The van der Waals surface area contributed by atoms with E-state index in [1.807, 2.05) is 13.8 Å². The highest BCUT2D eigenvalue weighted by atomic mass is 19.3. The fourth-order valence-electron chi connectivity index (χ4n) is 5.27. The number of anilines is 3. The van der Waals surface area contributed by atoms with E-state index in [1.165, 1.54) is 35.9 Å². The van der Waals surface area contributed by atoms with Crippen molar-refractivity contribution in [2.45, 2.75) is 52.5 Å². The number of halogens is 2. The lowest BCUT2D eigenvalue weighted by molar-refractivity contribution is -0.114. The van der Waals surface area contributed by atoms with E-state index in [2.05, 4.69) is 21.6 Å². The third kappa shape index (κ3) is 4.84. The van der Waals surface area contributed by atoms with E-state index in [0.717, 1.165) is 43.3 Å². The highest BCUT2D eigenvalue weighted by Gasteiger charge is 2.26. The SMILES string of the molecule is CC(=O)Nc1cc(C(F)F)cc(C(C)Nc2nc(C)nc3c4c(c(N5CCOCC5)cc23)CCC4)c1. The third-order valence-electron chi connectivity index (χ3n) is 6.91. The molecule has 0 spiro atoms. The molecule has 1 fully saturated rings. The molecule has 1 aliphatic carbocycles. The number of alkyl halides is 2. The maximum Gasteiger partial charge on any atom is 0.263 e. The lowest BCUT2D eigenvalue weighted by Crippen LogP contribution is -2.36. The lowest BCUT2D eigenvalue weighted by atomic mass is 10.0. The summed E-state index contributed by atoms with van der Waals surface area (Å²) >= 11 is 0. The Kier molecular flexibility index (Phi) is 6.75. The standard InChI is InChI=1S/C27H31F2N5O2/c1-15(18-11-19(26(28)29)13-20(12-18)33-17(3)35)30-27-23-14-24(34-7-9-36-10-8-34)21-5-4-6-22(21)25(23)31-16(2)32-27/h11-15,26H,4-10H2,1-3H3,(H,33,35)(H,30,31,32). The molecule has 1 unspecified atom stereocenters. The number of rotatable bonds is 6. The van der Waals surface area contributed by atoms with E-state index in [9.17, 15) is 13.6 Å². The van der Waals surface area contributed by atoms with E-state index >= 15 is 0 Å². The number of carbonyl (C=O) groups is 1. The quantitative estimate of drug-likeness (QED) is 0.481. The number of hydrogen-bond acceptors (Lipinski definition) is 6. The van der Waals surface area contributed by atoms with Crippen LogP contribution in [0.2, 0.25) is 0 Å². The molecule has 0 bridgehead atoms. The number of aryl methyl sites for hydroxylation is 2. The van der Waals surface area contributed by atoms with Gasteiger partial charge in [0.25, 0.3) is 6.43 Å². The molecule has 1 amide bonds. The van der Waals surface area contributed by atoms with E-state index in [0.29, 0.717) is 36.1 Å². The molecule has 1 atom stereocenters. The molecule has 2 N–H and O–H groups in total. The lowest BCUT2D eigenvalue weighted by Gasteiger charge is -2.31. The summed E-state index contributed by atoms with van der Waals surface area (Å²) in [5, 5.41) is 7.02. The Balaban J connectivity index is 1.56. The molecule has 2 heterocycles. The largest absolute Gasteiger partial charge is 0.378 e. The first-order chi connectivity index (χ1) is 17.3. The number of benzene rings is 2. The molecule has 3 aromatic rings. The molecule has 9 heteroatoms. The average Bonchev–Trinajstić information content (AvgIpc) is 3.34. The van der Waals surface area contributed by atoms with Crippen LogP contribution >= 0.6 is 0 Å². The average molecular weight is 496 g/mol. The first kappa shape index (κ1) is 24.4. The van der Waals surface area contributed by atoms with E-state index in [1.54, 1.807) is 6.07 Å².